The maximum atomic E-state index is 13.5. The molecule has 0 saturated carbocycles. The average molecular weight is 205 g/mol. The zero-order valence-corrected chi connectivity index (χ0v) is 7.99. The minimum absolute atomic E-state index is 0.0429. The molecule has 2 aromatic rings. The average Bonchev–Trinajstić information content (AvgIpc) is 2.23. The van der Waals surface area contributed by atoms with Crippen LogP contribution < -0.4 is 0 Å². The van der Waals surface area contributed by atoms with Crippen LogP contribution in [0.4, 0.5) is 4.39 Å². The number of aromatic hydroxyl groups is 1. The number of hydrogen-bond acceptors (Lipinski definition) is 3. The molecule has 15 heavy (non-hydrogen) atoms. The molecule has 0 aliphatic heterocycles. The lowest BCUT2D eigenvalue weighted by Gasteiger charge is -2.05. The van der Waals surface area contributed by atoms with Crippen LogP contribution in [-0.2, 0) is 0 Å². The summed E-state index contributed by atoms with van der Waals surface area (Å²) >= 11 is 0. The lowest BCUT2D eigenvalue weighted by Crippen LogP contribution is -1.96. The molecular weight excluding hydrogens is 197 g/mol. The second-order valence-corrected chi connectivity index (χ2v) is 3.21. The quantitative estimate of drug-likeness (QED) is 0.726. The number of hydrogen-bond donors (Lipinski definition) is 1. The number of aromatic nitrogens is 1. The van der Waals surface area contributed by atoms with Crippen molar-refractivity contribution in [1.29, 1.82) is 0 Å². The number of rotatable bonds is 1. The predicted molar refractivity (Wildman–Crippen MR) is 53.4 cm³/mol. The van der Waals surface area contributed by atoms with Gasteiger partial charge in [-0.3, -0.25) is 9.78 Å². The zero-order chi connectivity index (χ0) is 11.0. The second-order valence-electron chi connectivity index (χ2n) is 3.21. The van der Waals surface area contributed by atoms with E-state index >= 15 is 0 Å². The van der Waals surface area contributed by atoms with E-state index in [0.29, 0.717) is 0 Å². The van der Waals surface area contributed by atoms with Crippen molar-refractivity contribution in [1.82, 2.24) is 4.98 Å². The highest BCUT2D eigenvalue weighted by Crippen LogP contribution is 2.29. The summed E-state index contributed by atoms with van der Waals surface area (Å²) in [6.45, 7) is 1.27. The smallest absolute Gasteiger partial charge is 0.163 e. The van der Waals surface area contributed by atoms with Crippen molar-refractivity contribution in [2.45, 2.75) is 6.92 Å². The van der Waals surface area contributed by atoms with Gasteiger partial charge >= 0.3 is 0 Å². The molecule has 0 aliphatic carbocycles. The third-order valence-electron chi connectivity index (χ3n) is 2.19. The van der Waals surface area contributed by atoms with E-state index in [0.717, 1.165) is 6.07 Å². The zero-order valence-electron chi connectivity index (χ0n) is 7.99. The number of phenols is 1. The van der Waals surface area contributed by atoms with Crippen molar-refractivity contribution in [3.8, 4) is 5.75 Å². The van der Waals surface area contributed by atoms with E-state index in [-0.39, 0.29) is 28.0 Å². The summed E-state index contributed by atoms with van der Waals surface area (Å²) in [6, 6.07) is 4.10. The molecule has 0 unspecified atom stereocenters. The summed E-state index contributed by atoms with van der Waals surface area (Å²) in [7, 11) is 0. The van der Waals surface area contributed by atoms with Crippen LogP contribution in [0.1, 0.15) is 17.3 Å². The van der Waals surface area contributed by atoms with Crippen molar-refractivity contribution in [3.05, 3.63) is 35.8 Å². The molecule has 3 nitrogen and oxygen atoms in total. The number of phenolic OH excluding ortho intramolecular Hbond substituents is 1. The summed E-state index contributed by atoms with van der Waals surface area (Å²) in [6.07, 6.45) is 1.44. The van der Waals surface area contributed by atoms with Crippen LogP contribution >= 0.6 is 0 Å². The number of pyridine rings is 1. The first-order valence-electron chi connectivity index (χ1n) is 4.38. The maximum Gasteiger partial charge on any atom is 0.163 e. The van der Waals surface area contributed by atoms with Crippen molar-refractivity contribution < 1.29 is 14.3 Å². The van der Waals surface area contributed by atoms with Gasteiger partial charge < -0.3 is 5.11 Å². The fourth-order valence-electron chi connectivity index (χ4n) is 1.46. The van der Waals surface area contributed by atoms with Gasteiger partial charge in [0, 0.05) is 11.6 Å². The van der Waals surface area contributed by atoms with E-state index in [4.69, 9.17) is 0 Å². The van der Waals surface area contributed by atoms with Gasteiger partial charge in [-0.2, -0.15) is 0 Å². The minimum Gasteiger partial charge on any atom is -0.505 e. The van der Waals surface area contributed by atoms with Crippen molar-refractivity contribution in [3.63, 3.8) is 0 Å². The predicted octanol–water partition coefficient (Wildman–Crippen LogP) is 2.28. The molecule has 0 saturated heterocycles. The van der Waals surface area contributed by atoms with Crippen LogP contribution in [0.5, 0.6) is 5.75 Å². The Morgan fingerprint density at radius 3 is 2.93 bits per heavy atom. The molecule has 76 valence electrons. The molecule has 0 bridgehead atoms. The molecule has 4 heteroatoms. The van der Waals surface area contributed by atoms with Gasteiger partial charge in [-0.25, -0.2) is 4.39 Å². The van der Waals surface area contributed by atoms with E-state index in [2.05, 4.69) is 4.98 Å². The minimum atomic E-state index is -0.555. The number of nitrogens with zero attached hydrogens (tertiary/aromatic N) is 1. The van der Waals surface area contributed by atoms with Gasteiger partial charge in [0.05, 0.1) is 5.56 Å². The fourth-order valence-corrected chi connectivity index (χ4v) is 1.46. The molecule has 0 amide bonds. The van der Waals surface area contributed by atoms with Crippen LogP contribution in [0.3, 0.4) is 0 Å². The Balaban J connectivity index is 2.90. The Morgan fingerprint density at radius 2 is 2.27 bits per heavy atom. The SMILES string of the molecule is CC(=O)c1cc(F)c2cccnc2c1O. The van der Waals surface area contributed by atoms with Gasteiger partial charge in [-0.1, -0.05) is 0 Å². The summed E-state index contributed by atoms with van der Waals surface area (Å²) < 4.78 is 13.5. The van der Waals surface area contributed by atoms with Gasteiger partial charge in [0.2, 0.25) is 0 Å². The normalized spacial score (nSPS) is 10.5. The van der Waals surface area contributed by atoms with Crippen LogP contribution in [0, 0.1) is 5.82 Å². The molecule has 1 N–H and O–H groups in total. The van der Waals surface area contributed by atoms with Gasteiger partial charge in [-0.15, -0.1) is 0 Å². The summed E-state index contributed by atoms with van der Waals surface area (Å²) in [4.78, 5) is 15.0. The van der Waals surface area contributed by atoms with E-state index < -0.39 is 5.82 Å². The number of halogens is 1. The highest BCUT2D eigenvalue weighted by molar-refractivity contribution is 6.02. The number of carbonyl (C=O) groups is 1. The molecule has 0 fully saturated rings. The third kappa shape index (κ3) is 1.44. The van der Waals surface area contributed by atoms with Gasteiger partial charge in [-0.05, 0) is 25.1 Å². The first-order chi connectivity index (χ1) is 7.11. The largest absolute Gasteiger partial charge is 0.505 e. The summed E-state index contributed by atoms with van der Waals surface area (Å²) in [5.74, 6) is -1.21. The van der Waals surface area contributed by atoms with E-state index in [1.54, 1.807) is 6.07 Å². The Morgan fingerprint density at radius 1 is 1.53 bits per heavy atom. The molecule has 0 aliphatic rings. The molecule has 0 spiro atoms. The molecule has 0 radical (unpaired) electrons. The maximum absolute atomic E-state index is 13.5. The molecule has 1 heterocycles. The van der Waals surface area contributed by atoms with Crippen molar-refractivity contribution in [2.24, 2.45) is 0 Å². The summed E-state index contributed by atoms with van der Waals surface area (Å²) in [5, 5.41) is 9.90. The number of benzene rings is 1. The fraction of sp³-hybridized carbons (Fsp3) is 0.0909. The number of carbonyl (C=O) groups excluding carboxylic acids is 1. The molecule has 1 aromatic heterocycles. The lowest BCUT2D eigenvalue weighted by molar-refractivity contribution is 0.101. The first-order valence-corrected chi connectivity index (χ1v) is 4.38. The van der Waals surface area contributed by atoms with Crippen molar-refractivity contribution >= 4 is 16.7 Å². The van der Waals surface area contributed by atoms with E-state index in [1.165, 1.54) is 19.2 Å². The monoisotopic (exact) mass is 205 g/mol. The molecule has 1 aromatic carbocycles. The Bertz CT molecular complexity index is 552. The lowest BCUT2D eigenvalue weighted by atomic mass is 10.1. The van der Waals surface area contributed by atoms with Crippen molar-refractivity contribution in [2.75, 3.05) is 0 Å². The molecule has 0 atom stereocenters. The van der Waals surface area contributed by atoms with E-state index in [1.807, 2.05) is 0 Å². The highest BCUT2D eigenvalue weighted by atomic mass is 19.1. The summed E-state index contributed by atoms with van der Waals surface area (Å²) in [5.41, 5.74) is 0.0707. The van der Waals surface area contributed by atoms with Gasteiger partial charge in [0.25, 0.3) is 0 Å². The van der Waals surface area contributed by atoms with E-state index in [9.17, 15) is 14.3 Å². The first kappa shape index (κ1) is 9.58. The molecular formula is C11H8FNO2. The Kier molecular flexibility index (Phi) is 2.11. The Labute approximate surface area is 85.2 Å². The molecule has 2 rings (SSSR count). The van der Waals surface area contributed by atoms with Gasteiger partial charge in [0.1, 0.15) is 11.3 Å². The van der Waals surface area contributed by atoms with Gasteiger partial charge in [0.15, 0.2) is 11.5 Å². The highest BCUT2D eigenvalue weighted by Gasteiger charge is 2.14. The Hall–Kier alpha value is -1.97. The number of ketones is 1. The number of Topliss-reactive ketones (excluding diaryl/α,β-unsaturated/α-hetero) is 1. The second kappa shape index (κ2) is 3.31. The van der Waals surface area contributed by atoms with Crippen LogP contribution in [0.2, 0.25) is 0 Å². The number of fused-ring (bicyclic) bond motifs is 1. The topological polar surface area (TPSA) is 50.2 Å². The standard InChI is InChI=1S/C11H8FNO2/c1-6(14)8-5-9(12)7-3-2-4-13-10(7)11(8)15/h2-5,15H,1H3. The van der Waals surface area contributed by atoms with Crippen LogP contribution in [-0.4, -0.2) is 15.9 Å². The van der Waals surface area contributed by atoms with Crippen LogP contribution in [0.15, 0.2) is 24.4 Å². The third-order valence-corrected chi connectivity index (χ3v) is 2.19. The van der Waals surface area contributed by atoms with Crippen LogP contribution in [0.25, 0.3) is 10.9 Å².